The molecule has 1 heterocycles. The Morgan fingerprint density at radius 1 is 1.12 bits per heavy atom. The van der Waals surface area contributed by atoms with Crippen LogP contribution in [-0.4, -0.2) is 63.6 Å². The van der Waals surface area contributed by atoms with Gasteiger partial charge in [-0.2, -0.15) is 4.99 Å². The van der Waals surface area contributed by atoms with Gasteiger partial charge in [0.05, 0.1) is 16.3 Å². The van der Waals surface area contributed by atoms with Crippen LogP contribution in [0.2, 0.25) is 0 Å². The van der Waals surface area contributed by atoms with E-state index in [4.69, 9.17) is 17.2 Å². The van der Waals surface area contributed by atoms with E-state index < -0.39 is 9.84 Å². The Kier molecular flexibility index (Phi) is 5.70. The molecule has 1 amide bonds. The fraction of sp³-hybridized carbons (Fsp3) is 0.400. The molecule has 0 atom stereocenters. The van der Waals surface area contributed by atoms with Crippen LogP contribution in [0.4, 0.5) is 11.4 Å². The van der Waals surface area contributed by atoms with Crippen LogP contribution in [0.25, 0.3) is 0 Å². The molecule has 0 radical (unpaired) electrons. The van der Waals surface area contributed by atoms with Crippen molar-refractivity contribution in [2.24, 2.45) is 27.2 Å². The van der Waals surface area contributed by atoms with Crippen LogP contribution in [0.15, 0.2) is 33.1 Å². The van der Waals surface area contributed by atoms with Crippen molar-refractivity contribution in [3.8, 4) is 0 Å². The van der Waals surface area contributed by atoms with Crippen molar-refractivity contribution in [1.29, 1.82) is 0 Å². The van der Waals surface area contributed by atoms with Gasteiger partial charge in [0.1, 0.15) is 0 Å². The molecule has 1 aromatic carbocycles. The minimum absolute atomic E-state index is 0.0207. The van der Waals surface area contributed by atoms with Gasteiger partial charge in [0.2, 0.25) is 11.9 Å². The van der Waals surface area contributed by atoms with Crippen LogP contribution in [0.1, 0.15) is 6.92 Å². The Morgan fingerprint density at radius 3 is 2.23 bits per heavy atom. The molecule has 1 fully saturated rings. The van der Waals surface area contributed by atoms with Crippen molar-refractivity contribution in [3.63, 3.8) is 0 Å². The van der Waals surface area contributed by atoms with Gasteiger partial charge in [-0.1, -0.05) is 0 Å². The molecule has 0 aromatic heterocycles. The zero-order valence-electron chi connectivity index (χ0n) is 14.7. The number of nitrogens with zero attached hydrogens (tertiary/aromatic N) is 4. The predicted molar refractivity (Wildman–Crippen MR) is 101 cm³/mol. The summed E-state index contributed by atoms with van der Waals surface area (Å²) in [5, 5.41) is 0. The van der Waals surface area contributed by atoms with E-state index >= 15 is 0 Å². The van der Waals surface area contributed by atoms with Crippen molar-refractivity contribution in [3.05, 3.63) is 18.2 Å². The number of sulfone groups is 1. The Labute approximate surface area is 152 Å². The van der Waals surface area contributed by atoms with Crippen LogP contribution in [0.5, 0.6) is 0 Å². The van der Waals surface area contributed by atoms with Gasteiger partial charge in [-0.05, 0) is 18.2 Å². The quantitative estimate of drug-likeness (QED) is 0.446. The summed E-state index contributed by atoms with van der Waals surface area (Å²) in [6.07, 6.45) is 1.11. The molecule has 0 bridgehead atoms. The Bertz CT molecular complexity index is 852. The average Bonchev–Trinajstić information content (AvgIpc) is 2.53. The third kappa shape index (κ3) is 4.85. The first kappa shape index (κ1) is 19.5. The third-order valence-electron chi connectivity index (χ3n) is 3.92. The molecule has 2 rings (SSSR count). The molecule has 1 aromatic rings. The van der Waals surface area contributed by atoms with Crippen LogP contribution in [0, 0.1) is 0 Å². The minimum atomic E-state index is -3.42. The maximum atomic E-state index is 11.8. The number of nitrogens with two attached hydrogens (primary N) is 3. The molecule has 11 heteroatoms. The van der Waals surface area contributed by atoms with E-state index in [1.54, 1.807) is 11.0 Å². The first-order valence-electron chi connectivity index (χ1n) is 7.86. The number of guanidine groups is 2. The number of anilines is 1. The zero-order valence-corrected chi connectivity index (χ0v) is 15.5. The molecular weight excluding hydrogens is 358 g/mol. The molecule has 1 aliphatic heterocycles. The fourth-order valence-electron chi connectivity index (χ4n) is 2.63. The number of amides is 1. The Hall–Kier alpha value is -2.82. The zero-order chi connectivity index (χ0) is 19.5. The topological polar surface area (TPSA) is 160 Å². The number of benzene rings is 1. The van der Waals surface area contributed by atoms with Crippen molar-refractivity contribution < 1.29 is 13.2 Å². The largest absolute Gasteiger partial charge is 0.370 e. The molecule has 0 spiro atoms. The predicted octanol–water partition coefficient (Wildman–Crippen LogP) is -1.02. The summed E-state index contributed by atoms with van der Waals surface area (Å²) in [5.74, 6) is -0.409. The lowest BCUT2D eigenvalue weighted by Crippen LogP contribution is -2.48. The van der Waals surface area contributed by atoms with E-state index in [1.807, 2.05) is 4.90 Å². The van der Waals surface area contributed by atoms with Crippen molar-refractivity contribution in [1.82, 2.24) is 4.90 Å². The van der Waals surface area contributed by atoms with Gasteiger partial charge in [0.15, 0.2) is 15.8 Å². The van der Waals surface area contributed by atoms with Gasteiger partial charge in [-0.25, -0.2) is 13.4 Å². The lowest BCUT2D eigenvalue weighted by molar-refractivity contribution is -0.129. The van der Waals surface area contributed by atoms with Crippen LogP contribution in [-0.2, 0) is 14.6 Å². The van der Waals surface area contributed by atoms with Gasteiger partial charge >= 0.3 is 0 Å². The molecule has 0 unspecified atom stereocenters. The number of hydrogen-bond acceptors (Lipinski definition) is 5. The number of aliphatic imine (C=N–C) groups is 2. The van der Waals surface area contributed by atoms with E-state index in [1.165, 1.54) is 19.1 Å². The highest BCUT2D eigenvalue weighted by atomic mass is 32.2. The molecular formula is C15H23N7O3S. The lowest BCUT2D eigenvalue weighted by atomic mass is 10.2. The van der Waals surface area contributed by atoms with Crippen LogP contribution >= 0.6 is 0 Å². The van der Waals surface area contributed by atoms with E-state index in [9.17, 15) is 13.2 Å². The average molecular weight is 381 g/mol. The lowest BCUT2D eigenvalue weighted by Gasteiger charge is -2.36. The first-order chi connectivity index (χ1) is 12.1. The minimum Gasteiger partial charge on any atom is -0.370 e. The molecule has 0 saturated carbocycles. The molecule has 10 nitrogen and oxygen atoms in total. The maximum absolute atomic E-state index is 11.8. The highest BCUT2D eigenvalue weighted by molar-refractivity contribution is 7.90. The number of carbonyl (C=O) groups excluding carboxylic acids is 1. The monoisotopic (exact) mass is 381 g/mol. The normalized spacial score (nSPS) is 15.7. The first-order valence-corrected chi connectivity index (χ1v) is 9.75. The van der Waals surface area contributed by atoms with Gasteiger partial charge < -0.3 is 27.0 Å². The summed E-state index contributed by atoms with van der Waals surface area (Å²) in [4.78, 5) is 23.2. The Morgan fingerprint density at radius 2 is 1.73 bits per heavy atom. The Balaban J connectivity index is 2.42. The fourth-order valence-corrected chi connectivity index (χ4v) is 3.27. The summed E-state index contributed by atoms with van der Waals surface area (Å²) >= 11 is 0. The van der Waals surface area contributed by atoms with E-state index in [0.717, 1.165) is 6.26 Å². The number of hydrogen-bond donors (Lipinski definition) is 3. The van der Waals surface area contributed by atoms with Gasteiger partial charge in [-0.3, -0.25) is 4.79 Å². The second-order valence-electron chi connectivity index (χ2n) is 5.92. The highest BCUT2D eigenvalue weighted by Gasteiger charge is 2.22. The van der Waals surface area contributed by atoms with E-state index in [0.29, 0.717) is 37.6 Å². The van der Waals surface area contributed by atoms with Crippen molar-refractivity contribution in [2.75, 3.05) is 37.3 Å². The molecule has 0 aliphatic carbocycles. The van der Waals surface area contributed by atoms with Crippen molar-refractivity contribution in [2.45, 2.75) is 11.8 Å². The molecule has 1 saturated heterocycles. The smallest absolute Gasteiger partial charge is 0.223 e. The standard InChI is InChI=1S/C15H23N7O3S/c1-10(23)21-5-7-22(8-6-21)13-4-3-11(26(2,24)25)9-12(13)19-15(18)20-14(16)17/h3-4,9H,5-8H2,1-2H3,(H6,16,17,18,19,20). The van der Waals surface area contributed by atoms with Gasteiger partial charge in [0, 0.05) is 39.4 Å². The molecule has 1 aliphatic rings. The third-order valence-corrected chi connectivity index (χ3v) is 5.03. The molecule has 142 valence electrons. The SMILES string of the molecule is CC(=O)N1CCN(c2ccc(S(C)(=O)=O)cc2N=C(N)N=C(N)N)CC1. The molecule has 6 N–H and O–H groups in total. The van der Waals surface area contributed by atoms with Crippen LogP contribution < -0.4 is 22.1 Å². The maximum Gasteiger partial charge on any atom is 0.223 e. The molecule has 26 heavy (non-hydrogen) atoms. The van der Waals surface area contributed by atoms with Crippen LogP contribution in [0.3, 0.4) is 0 Å². The summed E-state index contributed by atoms with van der Waals surface area (Å²) in [7, 11) is -3.42. The summed E-state index contributed by atoms with van der Waals surface area (Å²) in [6, 6.07) is 4.61. The van der Waals surface area contributed by atoms with Gasteiger partial charge in [-0.15, -0.1) is 0 Å². The highest BCUT2D eigenvalue weighted by Crippen LogP contribution is 2.32. The van der Waals surface area contributed by atoms with E-state index in [-0.39, 0.29) is 22.7 Å². The second-order valence-corrected chi connectivity index (χ2v) is 7.94. The van der Waals surface area contributed by atoms with E-state index in [2.05, 4.69) is 9.98 Å². The number of rotatable bonds is 3. The second kappa shape index (κ2) is 7.60. The number of piperazine rings is 1. The summed E-state index contributed by atoms with van der Waals surface area (Å²) in [5.41, 5.74) is 17.3. The summed E-state index contributed by atoms with van der Waals surface area (Å²) < 4.78 is 23.7. The van der Waals surface area contributed by atoms with Gasteiger partial charge in [0.25, 0.3) is 0 Å². The summed E-state index contributed by atoms with van der Waals surface area (Å²) in [6.45, 7) is 3.83. The van der Waals surface area contributed by atoms with Crippen molar-refractivity contribution >= 4 is 39.0 Å². The number of carbonyl (C=O) groups is 1.